The van der Waals surface area contributed by atoms with Crippen LogP contribution in [0.1, 0.15) is 27.7 Å². The van der Waals surface area contributed by atoms with Crippen molar-refractivity contribution < 1.29 is 44.0 Å². The molecule has 0 saturated carbocycles. The molecule has 144 valence electrons. The van der Waals surface area contributed by atoms with Gasteiger partial charge in [-0.3, -0.25) is 5.32 Å². The summed E-state index contributed by atoms with van der Waals surface area (Å²) in [5.74, 6) is -1.44. The Morgan fingerprint density at radius 2 is 1.04 bits per heavy atom. The summed E-state index contributed by atoms with van der Waals surface area (Å²) in [6.45, 7) is 7.09. The Hall–Kier alpha value is -0.360. The minimum absolute atomic E-state index is 0.144. The summed E-state index contributed by atoms with van der Waals surface area (Å²) >= 11 is 0. The monoisotopic (exact) mass is 362 g/mol. The third-order valence-corrected chi connectivity index (χ3v) is 5.11. The van der Waals surface area contributed by atoms with Gasteiger partial charge in [-0.25, -0.2) is 0 Å². The lowest BCUT2D eigenvalue weighted by Gasteiger charge is -2.26. The molecule has 4 aliphatic heterocycles. The summed E-state index contributed by atoms with van der Waals surface area (Å²) in [7, 11) is 0. The fourth-order valence-electron chi connectivity index (χ4n) is 4.22. The van der Waals surface area contributed by atoms with Crippen LogP contribution in [0.3, 0.4) is 0 Å². The maximum absolute atomic E-state index is 9.58. The molecular formula is C16H28NO8+. The van der Waals surface area contributed by atoms with Crippen molar-refractivity contribution in [2.75, 3.05) is 13.2 Å². The first-order valence-electron chi connectivity index (χ1n) is 8.82. The molecule has 4 N–H and O–H groups in total. The van der Waals surface area contributed by atoms with Gasteiger partial charge < -0.3 is 38.6 Å². The summed E-state index contributed by atoms with van der Waals surface area (Å²) in [5.41, 5.74) is 0. The molecule has 4 aliphatic rings. The summed E-state index contributed by atoms with van der Waals surface area (Å²) < 4.78 is 35.5. The van der Waals surface area contributed by atoms with Crippen molar-refractivity contribution in [1.82, 2.24) is 0 Å². The molecule has 0 radical (unpaired) electrons. The van der Waals surface area contributed by atoms with Crippen LogP contribution in [0.2, 0.25) is 0 Å². The number of nitrogens with two attached hydrogens (primary N) is 1. The van der Waals surface area contributed by atoms with Gasteiger partial charge in [0.25, 0.3) is 0 Å². The first-order chi connectivity index (χ1) is 11.7. The minimum Gasteiger partial charge on any atom is -0.394 e. The number of hydrogen-bond acceptors (Lipinski definition) is 8. The summed E-state index contributed by atoms with van der Waals surface area (Å²) in [4.78, 5) is 0. The predicted octanol–water partition coefficient (Wildman–Crippen LogP) is -1.98. The van der Waals surface area contributed by atoms with E-state index < -0.39 is 36.2 Å². The van der Waals surface area contributed by atoms with Gasteiger partial charge in [-0.1, -0.05) is 0 Å². The van der Waals surface area contributed by atoms with E-state index in [2.05, 4.69) is 0 Å². The number of hydrogen-bond donors (Lipinski definition) is 3. The van der Waals surface area contributed by atoms with Crippen molar-refractivity contribution in [2.45, 2.75) is 88.3 Å². The van der Waals surface area contributed by atoms with Crippen molar-refractivity contribution in [3.63, 3.8) is 0 Å². The number of aliphatic hydroxyl groups is 2. The normalized spacial score (nSPS) is 50.2. The standard InChI is InChI=1S/C16H27NO8/c1-15(2)22-9-7(5-18)20-13(11(9)24-15)17-14-12-10(8(6-19)21-14)23-16(3,4)25-12/h7-14,17-19H,5-6H2,1-4H3/p+1/t7-,8+,9-,10+,11-,12+,13-,14+. The number of ether oxygens (including phenoxy) is 6. The van der Waals surface area contributed by atoms with Crippen LogP contribution in [0.4, 0.5) is 0 Å². The molecule has 0 amide bonds. The highest BCUT2D eigenvalue weighted by Crippen LogP contribution is 2.39. The van der Waals surface area contributed by atoms with E-state index in [1.165, 1.54) is 0 Å². The topological polar surface area (TPSA) is 112 Å². The van der Waals surface area contributed by atoms with E-state index in [9.17, 15) is 10.2 Å². The second-order valence-electron chi connectivity index (χ2n) is 7.97. The molecule has 9 nitrogen and oxygen atoms in total. The predicted molar refractivity (Wildman–Crippen MR) is 81.1 cm³/mol. The van der Waals surface area contributed by atoms with E-state index >= 15 is 0 Å². The van der Waals surface area contributed by atoms with Gasteiger partial charge in [0.15, 0.2) is 23.8 Å². The van der Waals surface area contributed by atoms with E-state index in [0.717, 1.165) is 0 Å². The fourth-order valence-corrected chi connectivity index (χ4v) is 4.22. The SMILES string of the molecule is CC1(C)O[C@@H]2[C@H](O1)[C@@H](CO)O[C@H]2[NH2+][C@H]1O[C@@H](CO)[C@@H]2OC(C)(C)O[C@@H]21. The molecular weight excluding hydrogens is 334 g/mol. The fraction of sp³-hybridized carbons (Fsp3) is 1.00. The van der Waals surface area contributed by atoms with Crippen LogP contribution in [0.5, 0.6) is 0 Å². The zero-order valence-corrected chi connectivity index (χ0v) is 15.0. The van der Waals surface area contributed by atoms with Gasteiger partial charge in [0, 0.05) is 0 Å². The molecule has 4 rings (SSSR count). The van der Waals surface area contributed by atoms with E-state index in [1.54, 1.807) is 0 Å². The second-order valence-corrected chi connectivity index (χ2v) is 7.97. The van der Waals surface area contributed by atoms with Crippen LogP contribution < -0.4 is 5.32 Å². The molecule has 8 atom stereocenters. The van der Waals surface area contributed by atoms with Crippen LogP contribution in [0, 0.1) is 0 Å². The molecule has 0 aromatic carbocycles. The highest BCUT2D eigenvalue weighted by Gasteiger charge is 2.61. The maximum atomic E-state index is 9.58. The second kappa shape index (κ2) is 6.08. The van der Waals surface area contributed by atoms with Crippen LogP contribution in [-0.4, -0.2) is 84.1 Å². The highest BCUT2D eigenvalue weighted by atomic mass is 16.8. The molecule has 9 heteroatoms. The maximum Gasteiger partial charge on any atom is 0.222 e. The molecule has 0 unspecified atom stereocenters. The highest BCUT2D eigenvalue weighted by molar-refractivity contribution is 4.96. The summed E-state index contributed by atoms with van der Waals surface area (Å²) in [6.07, 6.45) is -3.00. The van der Waals surface area contributed by atoms with Gasteiger partial charge in [0.05, 0.1) is 13.2 Å². The molecule has 0 aromatic heterocycles. The Morgan fingerprint density at radius 1 is 0.680 bits per heavy atom. The first kappa shape index (κ1) is 18.0. The quantitative estimate of drug-likeness (QED) is 0.528. The average molecular weight is 362 g/mol. The third-order valence-electron chi connectivity index (χ3n) is 5.11. The summed E-state index contributed by atoms with van der Waals surface area (Å²) in [5, 5.41) is 21.0. The van der Waals surface area contributed by atoms with E-state index in [0.29, 0.717) is 0 Å². The molecule has 0 aromatic rings. The number of aliphatic hydroxyl groups excluding tert-OH is 2. The van der Waals surface area contributed by atoms with E-state index in [1.807, 2.05) is 33.0 Å². The average Bonchev–Trinajstić information content (AvgIpc) is 3.18. The molecule has 0 spiro atoms. The van der Waals surface area contributed by atoms with Gasteiger partial charge >= 0.3 is 0 Å². The largest absolute Gasteiger partial charge is 0.394 e. The van der Waals surface area contributed by atoms with Crippen LogP contribution in [0.25, 0.3) is 0 Å². The summed E-state index contributed by atoms with van der Waals surface area (Å²) in [6, 6.07) is 0. The van der Waals surface area contributed by atoms with E-state index in [4.69, 9.17) is 28.4 Å². The molecule has 0 aliphatic carbocycles. The number of fused-ring (bicyclic) bond motifs is 2. The number of quaternary nitrogens is 1. The third kappa shape index (κ3) is 3.11. The van der Waals surface area contributed by atoms with Gasteiger partial charge in [-0.2, -0.15) is 0 Å². The Morgan fingerprint density at radius 3 is 1.40 bits per heavy atom. The van der Waals surface area contributed by atoms with Gasteiger partial charge in [0.2, 0.25) is 12.5 Å². The number of rotatable bonds is 4. The molecule has 4 saturated heterocycles. The first-order valence-corrected chi connectivity index (χ1v) is 8.82. The van der Waals surface area contributed by atoms with Crippen molar-refractivity contribution in [2.24, 2.45) is 0 Å². The smallest absolute Gasteiger partial charge is 0.222 e. The van der Waals surface area contributed by atoms with Crippen LogP contribution in [-0.2, 0) is 28.4 Å². The van der Waals surface area contributed by atoms with Gasteiger partial charge in [0.1, 0.15) is 24.4 Å². The van der Waals surface area contributed by atoms with Crippen molar-refractivity contribution in [3.05, 3.63) is 0 Å². The van der Waals surface area contributed by atoms with Gasteiger partial charge in [-0.15, -0.1) is 0 Å². The van der Waals surface area contributed by atoms with Crippen molar-refractivity contribution >= 4 is 0 Å². The Kier molecular flexibility index (Phi) is 4.38. The zero-order valence-electron chi connectivity index (χ0n) is 15.0. The molecule has 4 heterocycles. The lowest BCUT2D eigenvalue weighted by Crippen LogP contribution is -2.99. The lowest BCUT2D eigenvalue weighted by atomic mass is 10.1. The van der Waals surface area contributed by atoms with Crippen LogP contribution in [0.15, 0.2) is 0 Å². The van der Waals surface area contributed by atoms with Crippen molar-refractivity contribution in [1.29, 1.82) is 0 Å². The van der Waals surface area contributed by atoms with E-state index in [-0.39, 0.29) is 37.6 Å². The minimum atomic E-state index is -0.722. The molecule has 25 heavy (non-hydrogen) atoms. The lowest BCUT2D eigenvalue weighted by molar-refractivity contribution is -0.791. The zero-order chi connectivity index (χ0) is 18.0. The Bertz CT molecular complexity index is 470. The molecule has 4 fully saturated rings. The van der Waals surface area contributed by atoms with Crippen molar-refractivity contribution in [3.8, 4) is 0 Å². The van der Waals surface area contributed by atoms with Crippen LogP contribution >= 0.6 is 0 Å². The van der Waals surface area contributed by atoms with Gasteiger partial charge in [-0.05, 0) is 27.7 Å². The Balaban J connectivity index is 1.48. The Labute approximate surface area is 146 Å². The molecule has 0 bridgehead atoms.